The molecule has 4 rings (SSSR count). The van der Waals surface area contributed by atoms with E-state index in [-0.39, 0.29) is 13.1 Å². The minimum absolute atomic E-state index is 0.00493. The molecule has 1 heterocycles. The van der Waals surface area contributed by atoms with Crippen LogP contribution < -0.4 is 9.64 Å². The van der Waals surface area contributed by atoms with E-state index in [4.69, 9.17) is 4.74 Å². The van der Waals surface area contributed by atoms with Crippen molar-refractivity contribution in [1.82, 2.24) is 4.90 Å². The largest absolute Gasteiger partial charge is 0.497 e. The maximum Gasteiger partial charge on any atom is 0.261 e. The fourth-order valence-corrected chi connectivity index (χ4v) is 3.55. The Labute approximate surface area is 178 Å². The molecule has 0 aliphatic carbocycles. The first-order chi connectivity index (χ1) is 15.0. The molecule has 0 unspecified atom stereocenters. The lowest BCUT2D eigenvalue weighted by molar-refractivity contribution is 0.0654. The summed E-state index contributed by atoms with van der Waals surface area (Å²) in [5.41, 5.74) is 1.34. The zero-order valence-electron chi connectivity index (χ0n) is 16.7. The van der Waals surface area contributed by atoms with Crippen LogP contribution in [0.1, 0.15) is 31.1 Å². The van der Waals surface area contributed by atoms with Crippen LogP contribution in [0.5, 0.6) is 5.75 Å². The van der Waals surface area contributed by atoms with Gasteiger partial charge in [0.2, 0.25) is 0 Å². The zero-order valence-corrected chi connectivity index (χ0v) is 16.7. The van der Waals surface area contributed by atoms with Crippen LogP contribution in [-0.2, 0) is 0 Å². The van der Waals surface area contributed by atoms with Gasteiger partial charge in [-0.15, -0.1) is 0 Å². The third kappa shape index (κ3) is 3.90. The van der Waals surface area contributed by atoms with Crippen LogP contribution in [0.4, 0.5) is 10.1 Å². The monoisotopic (exact) mass is 418 g/mol. The Bertz CT molecular complexity index is 1140. The zero-order chi connectivity index (χ0) is 22.0. The van der Waals surface area contributed by atoms with Crippen LogP contribution >= 0.6 is 0 Å². The maximum absolute atomic E-state index is 13.9. The van der Waals surface area contributed by atoms with Crippen LogP contribution in [0.15, 0.2) is 72.8 Å². The molecular weight excluding hydrogens is 399 g/mol. The van der Waals surface area contributed by atoms with Crippen molar-refractivity contribution in [2.24, 2.45) is 0 Å². The normalized spacial score (nSPS) is 12.6. The van der Waals surface area contributed by atoms with E-state index in [2.05, 4.69) is 0 Å². The second-order valence-corrected chi connectivity index (χ2v) is 6.98. The number of methoxy groups -OCH3 is 1. The second-order valence-electron chi connectivity index (χ2n) is 6.98. The molecule has 156 valence electrons. The van der Waals surface area contributed by atoms with Gasteiger partial charge in [0.05, 0.1) is 18.2 Å². The van der Waals surface area contributed by atoms with Crippen molar-refractivity contribution in [3.05, 3.63) is 95.3 Å². The third-order valence-corrected chi connectivity index (χ3v) is 5.11. The van der Waals surface area contributed by atoms with Gasteiger partial charge in [0, 0.05) is 24.3 Å². The predicted octanol–water partition coefficient (Wildman–Crippen LogP) is 3.78. The van der Waals surface area contributed by atoms with Crippen LogP contribution in [0.3, 0.4) is 0 Å². The van der Waals surface area contributed by atoms with Crippen molar-refractivity contribution >= 4 is 23.4 Å². The Morgan fingerprint density at radius 2 is 1.61 bits per heavy atom. The highest BCUT2D eigenvalue weighted by atomic mass is 19.1. The van der Waals surface area contributed by atoms with Crippen molar-refractivity contribution in [2.75, 3.05) is 25.1 Å². The minimum atomic E-state index is -0.498. The molecule has 0 aromatic heterocycles. The van der Waals surface area contributed by atoms with Crippen molar-refractivity contribution in [1.29, 1.82) is 0 Å². The number of hydrogen-bond acceptors (Lipinski definition) is 4. The minimum Gasteiger partial charge on any atom is -0.497 e. The van der Waals surface area contributed by atoms with Gasteiger partial charge >= 0.3 is 0 Å². The molecule has 3 amide bonds. The summed E-state index contributed by atoms with van der Waals surface area (Å²) in [4.78, 5) is 41.0. The Hall–Kier alpha value is -4.00. The van der Waals surface area contributed by atoms with E-state index in [9.17, 15) is 18.8 Å². The van der Waals surface area contributed by atoms with E-state index in [1.54, 1.807) is 54.6 Å². The van der Waals surface area contributed by atoms with Gasteiger partial charge in [0.15, 0.2) is 0 Å². The third-order valence-electron chi connectivity index (χ3n) is 5.11. The summed E-state index contributed by atoms with van der Waals surface area (Å²) in [6, 6.07) is 18.8. The van der Waals surface area contributed by atoms with Gasteiger partial charge in [-0.1, -0.05) is 24.3 Å². The lowest BCUT2D eigenvalue weighted by atomic mass is 10.1. The summed E-state index contributed by atoms with van der Waals surface area (Å²) in [6.07, 6.45) is 0. The topological polar surface area (TPSA) is 66.9 Å². The standard InChI is InChI=1S/C24H19FN2O4/c1-31-19-9-4-6-16(14-19)22(28)26(18-8-5-7-17(25)15-18)12-13-27-23(29)20-10-2-3-11-21(20)24(27)30/h2-11,14-15H,12-13H2,1H3. The first-order valence-electron chi connectivity index (χ1n) is 9.66. The van der Waals surface area contributed by atoms with Crippen molar-refractivity contribution in [3.8, 4) is 5.75 Å². The van der Waals surface area contributed by atoms with E-state index in [0.29, 0.717) is 28.1 Å². The predicted molar refractivity (Wildman–Crippen MR) is 113 cm³/mol. The molecule has 6 nitrogen and oxygen atoms in total. The van der Waals surface area contributed by atoms with Gasteiger partial charge in [-0.25, -0.2) is 4.39 Å². The molecule has 1 aliphatic rings. The lowest BCUT2D eigenvalue weighted by Gasteiger charge is -2.25. The fraction of sp³-hybridized carbons (Fsp3) is 0.125. The number of fused-ring (bicyclic) bond motifs is 1. The molecule has 3 aromatic rings. The molecule has 0 fully saturated rings. The number of imide groups is 1. The van der Waals surface area contributed by atoms with Gasteiger partial charge in [0.1, 0.15) is 11.6 Å². The van der Waals surface area contributed by atoms with E-state index in [0.717, 1.165) is 4.90 Å². The molecule has 0 atom stereocenters. The van der Waals surface area contributed by atoms with Crippen molar-refractivity contribution in [2.45, 2.75) is 0 Å². The average molecular weight is 418 g/mol. The lowest BCUT2D eigenvalue weighted by Crippen LogP contribution is -2.41. The molecule has 0 saturated heterocycles. The molecule has 0 N–H and O–H groups in total. The molecule has 0 radical (unpaired) electrons. The van der Waals surface area contributed by atoms with Gasteiger partial charge in [-0.05, 0) is 48.5 Å². The van der Waals surface area contributed by atoms with Crippen molar-refractivity contribution in [3.63, 3.8) is 0 Å². The van der Waals surface area contributed by atoms with E-state index >= 15 is 0 Å². The van der Waals surface area contributed by atoms with Gasteiger partial charge in [-0.2, -0.15) is 0 Å². The van der Waals surface area contributed by atoms with Crippen LogP contribution in [0, 0.1) is 5.82 Å². The van der Waals surface area contributed by atoms with Crippen LogP contribution in [0.2, 0.25) is 0 Å². The van der Waals surface area contributed by atoms with E-state index in [1.807, 2.05) is 0 Å². The van der Waals surface area contributed by atoms with Crippen molar-refractivity contribution < 1.29 is 23.5 Å². The summed E-state index contributed by atoms with van der Waals surface area (Å²) in [5, 5.41) is 0. The highest BCUT2D eigenvalue weighted by Gasteiger charge is 2.35. The summed E-state index contributed by atoms with van der Waals surface area (Å²) in [6.45, 7) is -0.0243. The molecule has 3 aromatic carbocycles. The number of hydrogen-bond donors (Lipinski definition) is 0. The Morgan fingerprint density at radius 3 is 2.26 bits per heavy atom. The molecular formula is C24H19FN2O4. The van der Waals surface area contributed by atoms with E-state index < -0.39 is 23.5 Å². The Kier molecular flexibility index (Phi) is 5.49. The number of anilines is 1. The number of carbonyl (C=O) groups is 3. The summed E-state index contributed by atoms with van der Waals surface area (Å²) < 4.78 is 19.1. The number of benzene rings is 3. The number of amides is 3. The highest BCUT2D eigenvalue weighted by molar-refractivity contribution is 6.21. The number of halogens is 1. The molecule has 7 heteroatoms. The summed E-state index contributed by atoms with van der Waals surface area (Å²) >= 11 is 0. The molecule has 0 saturated carbocycles. The highest BCUT2D eigenvalue weighted by Crippen LogP contribution is 2.24. The first-order valence-corrected chi connectivity index (χ1v) is 9.66. The first kappa shape index (κ1) is 20.3. The number of rotatable bonds is 6. The van der Waals surface area contributed by atoms with Crippen LogP contribution in [0.25, 0.3) is 0 Å². The Balaban J connectivity index is 1.62. The van der Waals surface area contributed by atoms with E-state index in [1.165, 1.54) is 30.2 Å². The fourth-order valence-electron chi connectivity index (χ4n) is 3.55. The molecule has 0 bridgehead atoms. The van der Waals surface area contributed by atoms with Gasteiger partial charge in [-0.3, -0.25) is 19.3 Å². The van der Waals surface area contributed by atoms with Gasteiger partial charge < -0.3 is 9.64 Å². The summed E-state index contributed by atoms with van der Waals surface area (Å²) in [7, 11) is 1.50. The molecule has 0 spiro atoms. The SMILES string of the molecule is COc1cccc(C(=O)N(CCN2C(=O)c3ccccc3C2=O)c2cccc(F)c2)c1. The maximum atomic E-state index is 13.9. The number of ether oxygens (including phenoxy) is 1. The number of nitrogens with zero attached hydrogens (tertiary/aromatic N) is 2. The molecule has 31 heavy (non-hydrogen) atoms. The number of carbonyl (C=O) groups excluding carboxylic acids is 3. The second kappa shape index (κ2) is 8.39. The summed E-state index contributed by atoms with van der Waals surface area (Å²) in [5.74, 6) is -1.21. The average Bonchev–Trinajstić information content (AvgIpc) is 3.04. The smallest absolute Gasteiger partial charge is 0.261 e. The molecule has 1 aliphatic heterocycles. The Morgan fingerprint density at radius 1 is 0.935 bits per heavy atom. The quantitative estimate of drug-likeness (QED) is 0.572. The van der Waals surface area contributed by atoms with Crippen LogP contribution in [-0.4, -0.2) is 42.8 Å². The van der Waals surface area contributed by atoms with Gasteiger partial charge in [0.25, 0.3) is 17.7 Å².